The van der Waals surface area contributed by atoms with E-state index in [1.165, 1.54) is 44.9 Å². The molecule has 1 aliphatic rings. The van der Waals surface area contributed by atoms with Crippen LogP contribution in [0.5, 0.6) is 0 Å². The zero-order chi connectivity index (χ0) is 11.1. The maximum Gasteiger partial charge on any atom is 0.0468 e. The predicted octanol–water partition coefficient (Wildman–Crippen LogP) is 4.41. The second-order valence-electron chi connectivity index (χ2n) is 5.69. The van der Waals surface area contributed by atoms with Gasteiger partial charge in [0.05, 0.1) is 0 Å². The molecule has 0 unspecified atom stereocenters. The standard InChI is InChI=1S/C14H28O/c1-4-5-6-7-10-14(2,3)13-8-11-15-12-9-13/h13H,4-12H2,1-3H3. The van der Waals surface area contributed by atoms with Crippen molar-refractivity contribution in [2.75, 3.05) is 13.2 Å². The molecule has 1 heteroatoms. The van der Waals surface area contributed by atoms with Crippen LogP contribution in [-0.4, -0.2) is 13.2 Å². The molecule has 90 valence electrons. The summed E-state index contributed by atoms with van der Waals surface area (Å²) in [5.74, 6) is 0.896. The number of ether oxygens (including phenoxy) is 1. The van der Waals surface area contributed by atoms with Crippen molar-refractivity contribution in [3.05, 3.63) is 0 Å². The maximum atomic E-state index is 5.44. The van der Waals surface area contributed by atoms with E-state index >= 15 is 0 Å². The van der Waals surface area contributed by atoms with Crippen molar-refractivity contribution < 1.29 is 4.74 Å². The summed E-state index contributed by atoms with van der Waals surface area (Å²) in [6, 6.07) is 0. The summed E-state index contributed by atoms with van der Waals surface area (Å²) < 4.78 is 5.44. The minimum absolute atomic E-state index is 0.539. The van der Waals surface area contributed by atoms with Crippen LogP contribution >= 0.6 is 0 Å². The summed E-state index contributed by atoms with van der Waals surface area (Å²) in [6.07, 6.45) is 9.54. The molecule has 1 aliphatic heterocycles. The summed E-state index contributed by atoms with van der Waals surface area (Å²) in [4.78, 5) is 0. The Morgan fingerprint density at radius 1 is 1.07 bits per heavy atom. The van der Waals surface area contributed by atoms with Crippen molar-refractivity contribution in [3.8, 4) is 0 Å². The van der Waals surface area contributed by atoms with Gasteiger partial charge in [-0.25, -0.2) is 0 Å². The Kier molecular flexibility index (Phi) is 5.66. The van der Waals surface area contributed by atoms with Crippen molar-refractivity contribution in [3.63, 3.8) is 0 Å². The van der Waals surface area contributed by atoms with Crippen LogP contribution in [0, 0.1) is 11.3 Å². The van der Waals surface area contributed by atoms with Crippen LogP contribution in [0.15, 0.2) is 0 Å². The highest BCUT2D eigenvalue weighted by molar-refractivity contribution is 4.80. The Morgan fingerprint density at radius 3 is 2.33 bits per heavy atom. The van der Waals surface area contributed by atoms with E-state index in [1.807, 2.05) is 0 Å². The van der Waals surface area contributed by atoms with Gasteiger partial charge in [-0.1, -0.05) is 46.5 Å². The molecule has 1 rings (SSSR count). The Hall–Kier alpha value is -0.0400. The highest BCUT2D eigenvalue weighted by atomic mass is 16.5. The molecule has 1 heterocycles. The Balaban J connectivity index is 2.23. The molecule has 0 amide bonds. The largest absolute Gasteiger partial charge is 0.381 e. The van der Waals surface area contributed by atoms with E-state index in [4.69, 9.17) is 4.74 Å². The lowest BCUT2D eigenvalue weighted by atomic mass is 9.71. The fourth-order valence-electron chi connectivity index (χ4n) is 2.69. The molecule has 0 spiro atoms. The molecular formula is C14H28O. The van der Waals surface area contributed by atoms with Crippen molar-refractivity contribution in [1.29, 1.82) is 0 Å². The SMILES string of the molecule is CCCCCCC(C)(C)C1CCOCC1. The van der Waals surface area contributed by atoms with Gasteiger partial charge in [-0.2, -0.15) is 0 Å². The van der Waals surface area contributed by atoms with Crippen LogP contribution in [0.4, 0.5) is 0 Å². The zero-order valence-electron chi connectivity index (χ0n) is 10.8. The molecule has 0 N–H and O–H groups in total. The van der Waals surface area contributed by atoms with Gasteiger partial charge in [-0.3, -0.25) is 0 Å². The van der Waals surface area contributed by atoms with E-state index in [0.29, 0.717) is 5.41 Å². The lowest BCUT2D eigenvalue weighted by Crippen LogP contribution is -2.29. The van der Waals surface area contributed by atoms with Crippen molar-refractivity contribution in [2.45, 2.75) is 65.7 Å². The Labute approximate surface area is 95.6 Å². The quantitative estimate of drug-likeness (QED) is 0.593. The van der Waals surface area contributed by atoms with Crippen LogP contribution in [0.2, 0.25) is 0 Å². The summed E-state index contributed by atoms with van der Waals surface area (Å²) in [7, 11) is 0. The molecule has 0 bridgehead atoms. The molecular weight excluding hydrogens is 184 g/mol. The minimum atomic E-state index is 0.539. The smallest absolute Gasteiger partial charge is 0.0468 e. The number of rotatable bonds is 6. The third-order valence-corrected chi connectivity index (χ3v) is 4.00. The van der Waals surface area contributed by atoms with Crippen LogP contribution in [0.25, 0.3) is 0 Å². The molecule has 0 saturated carbocycles. The van der Waals surface area contributed by atoms with Crippen LogP contribution in [-0.2, 0) is 4.74 Å². The second-order valence-corrected chi connectivity index (χ2v) is 5.69. The van der Waals surface area contributed by atoms with Crippen LogP contribution < -0.4 is 0 Å². The fourth-order valence-corrected chi connectivity index (χ4v) is 2.69. The fraction of sp³-hybridized carbons (Fsp3) is 1.00. The highest BCUT2D eigenvalue weighted by Gasteiger charge is 2.30. The summed E-state index contributed by atoms with van der Waals surface area (Å²) in [6.45, 7) is 9.17. The van der Waals surface area contributed by atoms with Gasteiger partial charge in [0, 0.05) is 13.2 Å². The highest BCUT2D eigenvalue weighted by Crippen LogP contribution is 2.38. The summed E-state index contributed by atoms with van der Waals surface area (Å²) >= 11 is 0. The summed E-state index contributed by atoms with van der Waals surface area (Å²) in [5.41, 5.74) is 0.539. The van der Waals surface area contributed by atoms with E-state index in [0.717, 1.165) is 19.1 Å². The molecule has 0 atom stereocenters. The van der Waals surface area contributed by atoms with Gasteiger partial charge >= 0.3 is 0 Å². The van der Waals surface area contributed by atoms with Gasteiger partial charge in [0.2, 0.25) is 0 Å². The van der Waals surface area contributed by atoms with E-state index in [1.54, 1.807) is 0 Å². The van der Waals surface area contributed by atoms with E-state index in [2.05, 4.69) is 20.8 Å². The topological polar surface area (TPSA) is 9.23 Å². The Morgan fingerprint density at radius 2 is 1.73 bits per heavy atom. The molecule has 0 aromatic rings. The lowest BCUT2D eigenvalue weighted by Gasteiger charge is -2.37. The molecule has 1 nitrogen and oxygen atoms in total. The predicted molar refractivity (Wildman–Crippen MR) is 66.1 cm³/mol. The first-order valence-corrected chi connectivity index (χ1v) is 6.74. The van der Waals surface area contributed by atoms with Gasteiger partial charge in [-0.05, 0) is 30.6 Å². The second kappa shape index (κ2) is 6.52. The Bertz CT molecular complexity index is 157. The average Bonchev–Trinajstić information content (AvgIpc) is 2.26. The molecule has 0 aromatic heterocycles. The van der Waals surface area contributed by atoms with Crippen LogP contribution in [0.1, 0.15) is 65.7 Å². The first kappa shape index (κ1) is 13.0. The van der Waals surface area contributed by atoms with Crippen molar-refractivity contribution in [2.24, 2.45) is 11.3 Å². The van der Waals surface area contributed by atoms with Gasteiger partial charge in [0.25, 0.3) is 0 Å². The van der Waals surface area contributed by atoms with Crippen molar-refractivity contribution >= 4 is 0 Å². The van der Waals surface area contributed by atoms with Gasteiger partial charge in [0.15, 0.2) is 0 Å². The lowest BCUT2D eigenvalue weighted by molar-refractivity contribution is 0.0188. The molecule has 1 fully saturated rings. The molecule has 0 aromatic carbocycles. The number of hydrogen-bond donors (Lipinski definition) is 0. The van der Waals surface area contributed by atoms with E-state index < -0.39 is 0 Å². The van der Waals surface area contributed by atoms with E-state index in [-0.39, 0.29) is 0 Å². The minimum Gasteiger partial charge on any atom is -0.381 e. The van der Waals surface area contributed by atoms with Gasteiger partial charge in [-0.15, -0.1) is 0 Å². The average molecular weight is 212 g/mol. The van der Waals surface area contributed by atoms with Crippen molar-refractivity contribution in [1.82, 2.24) is 0 Å². The molecule has 1 saturated heterocycles. The zero-order valence-corrected chi connectivity index (χ0v) is 10.8. The normalized spacial score (nSPS) is 19.4. The molecule has 15 heavy (non-hydrogen) atoms. The summed E-state index contributed by atoms with van der Waals surface area (Å²) in [5, 5.41) is 0. The van der Waals surface area contributed by atoms with Crippen LogP contribution in [0.3, 0.4) is 0 Å². The van der Waals surface area contributed by atoms with Gasteiger partial charge in [0.1, 0.15) is 0 Å². The maximum absolute atomic E-state index is 5.44. The number of hydrogen-bond acceptors (Lipinski definition) is 1. The van der Waals surface area contributed by atoms with Gasteiger partial charge < -0.3 is 4.74 Å². The first-order valence-electron chi connectivity index (χ1n) is 6.74. The monoisotopic (exact) mass is 212 g/mol. The number of unbranched alkanes of at least 4 members (excludes halogenated alkanes) is 3. The third kappa shape index (κ3) is 4.55. The molecule has 0 aliphatic carbocycles. The molecule has 0 radical (unpaired) electrons. The first-order chi connectivity index (χ1) is 7.17. The van der Waals surface area contributed by atoms with E-state index in [9.17, 15) is 0 Å². The third-order valence-electron chi connectivity index (χ3n) is 4.00.